The molecule has 3 rings (SSSR count). The lowest BCUT2D eigenvalue weighted by Crippen LogP contribution is -2.43. The van der Waals surface area contributed by atoms with Gasteiger partial charge in [0.25, 0.3) is 5.91 Å². The Kier molecular flexibility index (Phi) is 4.35. The highest BCUT2D eigenvalue weighted by molar-refractivity contribution is 6.11. The summed E-state index contributed by atoms with van der Waals surface area (Å²) < 4.78 is 13.2. The molecule has 1 saturated heterocycles. The van der Waals surface area contributed by atoms with Crippen molar-refractivity contribution in [2.24, 2.45) is 0 Å². The molecule has 3 amide bonds. The summed E-state index contributed by atoms with van der Waals surface area (Å²) in [7, 11) is 0. The normalized spacial score (nSPS) is 19.8. The first-order chi connectivity index (χ1) is 12.0. The third-order valence-electron chi connectivity index (χ3n) is 4.44. The maximum Gasteiger partial charge on any atom is 0.325 e. The summed E-state index contributed by atoms with van der Waals surface area (Å²) in [4.78, 5) is 38.5. The van der Waals surface area contributed by atoms with E-state index in [0.717, 1.165) is 4.90 Å². The number of ketones is 1. The van der Waals surface area contributed by atoms with Crippen molar-refractivity contribution >= 4 is 17.7 Å². The van der Waals surface area contributed by atoms with Crippen molar-refractivity contribution in [1.29, 1.82) is 0 Å². The van der Waals surface area contributed by atoms with E-state index in [1.165, 1.54) is 24.3 Å². The van der Waals surface area contributed by atoms with Gasteiger partial charge in [0.2, 0.25) is 0 Å². The molecule has 1 heterocycles. The summed E-state index contributed by atoms with van der Waals surface area (Å²) in [5.41, 5.74) is -0.356. The molecule has 1 N–H and O–H groups in total. The second-order valence-electron chi connectivity index (χ2n) is 5.88. The number of hydrogen-bond donors (Lipinski definition) is 1. The molecule has 2 aromatic carbocycles. The van der Waals surface area contributed by atoms with Crippen LogP contribution in [0.25, 0.3) is 0 Å². The standard InChI is InChI=1S/C19H17FN2O3/c1-2-19(14-8-10-15(20)11-9-14)17(24)22(18(25)21-19)12-16(23)13-6-4-3-5-7-13/h3-11H,2,12H2,1H3,(H,21,25)/t19-/m0/s1. The van der Waals surface area contributed by atoms with Crippen LogP contribution in [0.2, 0.25) is 0 Å². The van der Waals surface area contributed by atoms with Gasteiger partial charge in [0, 0.05) is 5.56 Å². The number of carbonyl (C=O) groups is 3. The number of hydrogen-bond acceptors (Lipinski definition) is 3. The SMILES string of the molecule is CC[C@@]1(c2ccc(F)cc2)NC(=O)N(CC(=O)c2ccccc2)C1=O. The van der Waals surface area contributed by atoms with E-state index in [0.29, 0.717) is 17.5 Å². The number of urea groups is 1. The third-order valence-corrected chi connectivity index (χ3v) is 4.44. The van der Waals surface area contributed by atoms with E-state index in [-0.39, 0.29) is 12.3 Å². The van der Waals surface area contributed by atoms with Crippen molar-refractivity contribution in [1.82, 2.24) is 10.2 Å². The lowest BCUT2D eigenvalue weighted by molar-refractivity contribution is -0.131. The Hall–Kier alpha value is -3.02. The molecule has 1 aliphatic heterocycles. The van der Waals surface area contributed by atoms with Gasteiger partial charge in [-0.15, -0.1) is 0 Å². The van der Waals surface area contributed by atoms with Crippen LogP contribution in [-0.2, 0) is 10.3 Å². The van der Waals surface area contributed by atoms with Gasteiger partial charge in [-0.3, -0.25) is 14.5 Å². The Morgan fingerprint density at radius 1 is 1.08 bits per heavy atom. The van der Waals surface area contributed by atoms with Crippen molar-refractivity contribution in [2.75, 3.05) is 6.54 Å². The number of Topliss-reactive ketones (excluding diaryl/α,β-unsaturated/α-hetero) is 1. The lowest BCUT2D eigenvalue weighted by atomic mass is 9.87. The van der Waals surface area contributed by atoms with Crippen LogP contribution in [0.5, 0.6) is 0 Å². The quantitative estimate of drug-likeness (QED) is 0.672. The fourth-order valence-electron chi connectivity index (χ4n) is 3.00. The molecule has 1 aliphatic rings. The van der Waals surface area contributed by atoms with E-state index in [9.17, 15) is 18.8 Å². The average Bonchev–Trinajstić information content (AvgIpc) is 2.88. The molecule has 25 heavy (non-hydrogen) atoms. The maximum atomic E-state index is 13.2. The largest absolute Gasteiger partial charge is 0.325 e. The van der Waals surface area contributed by atoms with Crippen LogP contribution >= 0.6 is 0 Å². The highest BCUT2D eigenvalue weighted by atomic mass is 19.1. The van der Waals surface area contributed by atoms with E-state index in [2.05, 4.69) is 5.32 Å². The number of carbonyl (C=O) groups excluding carboxylic acids is 3. The summed E-state index contributed by atoms with van der Waals surface area (Å²) >= 11 is 0. The van der Waals surface area contributed by atoms with Crippen molar-refractivity contribution < 1.29 is 18.8 Å². The first-order valence-corrected chi connectivity index (χ1v) is 7.96. The molecule has 1 atom stereocenters. The summed E-state index contributed by atoms with van der Waals surface area (Å²) in [5.74, 6) is -1.26. The van der Waals surface area contributed by atoms with Gasteiger partial charge < -0.3 is 5.32 Å². The van der Waals surface area contributed by atoms with E-state index >= 15 is 0 Å². The number of benzene rings is 2. The highest BCUT2D eigenvalue weighted by Gasteiger charge is 2.51. The summed E-state index contributed by atoms with van der Waals surface area (Å²) in [6, 6.07) is 13.3. The zero-order valence-electron chi connectivity index (χ0n) is 13.7. The highest BCUT2D eigenvalue weighted by Crippen LogP contribution is 2.32. The molecule has 0 radical (unpaired) electrons. The van der Waals surface area contributed by atoms with Crippen LogP contribution < -0.4 is 5.32 Å². The topological polar surface area (TPSA) is 66.5 Å². The molecule has 0 aliphatic carbocycles. The Labute approximate surface area is 144 Å². The van der Waals surface area contributed by atoms with Gasteiger partial charge in [0.15, 0.2) is 5.78 Å². The maximum absolute atomic E-state index is 13.2. The molecular weight excluding hydrogens is 323 g/mol. The summed E-state index contributed by atoms with van der Waals surface area (Å²) in [5, 5.41) is 2.67. The second-order valence-corrected chi connectivity index (χ2v) is 5.88. The van der Waals surface area contributed by atoms with Crippen LogP contribution in [0.15, 0.2) is 54.6 Å². The fraction of sp³-hybridized carbons (Fsp3) is 0.211. The molecule has 0 spiro atoms. The number of amides is 3. The Balaban J connectivity index is 1.88. The zero-order valence-corrected chi connectivity index (χ0v) is 13.7. The van der Waals surface area contributed by atoms with Gasteiger partial charge in [-0.1, -0.05) is 49.4 Å². The molecule has 2 aromatic rings. The number of imide groups is 1. The first-order valence-electron chi connectivity index (χ1n) is 7.96. The average molecular weight is 340 g/mol. The lowest BCUT2D eigenvalue weighted by Gasteiger charge is -2.25. The molecule has 6 heteroatoms. The van der Waals surface area contributed by atoms with E-state index in [1.54, 1.807) is 37.3 Å². The minimum Gasteiger partial charge on any atom is -0.319 e. The molecule has 0 aromatic heterocycles. The van der Waals surface area contributed by atoms with Crippen molar-refractivity contribution in [3.8, 4) is 0 Å². The minimum absolute atomic E-state index is 0.291. The van der Waals surface area contributed by atoms with E-state index in [4.69, 9.17) is 0 Å². The zero-order chi connectivity index (χ0) is 18.0. The third kappa shape index (κ3) is 2.91. The van der Waals surface area contributed by atoms with Crippen molar-refractivity contribution in [3.05, 3.63) is 71.5 Å². The minimum atomic E-state index is -1.28. The Morgan fingerprint density at radius 2 is 1.72 bits per heavy atom. The van der Waals surface area contributed by atoms with E-state index < -0.39 is 23.3 Å². The van der Waals surface area contributed by atoms with Gasteiger partial charge >= 0.3 is 6.03 Å². The van der Waals surface area contributed by atoms with Crippen molar-refractivity contribution in [3.63, 3.8) is 0 Å². The van der Waals surface area contributed by atoms with Crippen LogP contribution in [0.4, 0.5) is 9.18 Å². The van der Waals surface area contributed by atoms with E-state index in [1.807, 2.05) is 0 Å². The van der Waals surface area contributed by atoms with Gasteiger partial charge in [-0.25, -0.2) is 9.18 Å². The fourth-order valence-corrected chi connectivity index (χ4v) is 3.00. The number of rotatable bonds is 5. The number of nitrogens with one attached hydrogen (secondary N) is 1. The number of halogens is 1. The molecule has 0 unspecified atom stereocenters. The Bertz CT molecular complexity index is 820. The van der Waals surface area contributed by atoms with Gasteiger partial charge in [0.1, 0.15) is 11.4 Å². The first kappa shape index (κ1) is 16.8. The molecule has 0 saturated carbocycles. The molecule has 5 nitrogen and oxygen atoms in total. The van der Waals surface area contributed by atoms with Gasteiger partial charge in [0.05, 0.1) is 6.54 Å². The molecular formula is C19H17FN2O3. The van der Waals surface area contributed by atoms with Crippen LogP contribution in [0.1, 0.15) is 29.3 Å². The number of nitrogens with zero attached hydrogens (tertiary/aromatic N) is 1. The Morgan fingerprint density at radius 3 is 2.32 bits per heavy atom. The monoisotopic (exact) mass is 340 g/mol. The summed E-state index contributed by atoms with van der Waals surface area (Å²) in [6.45, 7) is 1.42. The van der Waals surface area contributed by atoms with Crippen LogP contribution in [-0.4, -0.2) is 29.2 Å². The molecule has 0 bridgehead atoms. The second kappa shape index (κ2) is 6.47. The van der Waals surface area contributed by atoms with Crippen LogP contribution in [0, 0.1) is 5.82 Å². The molecule has 1 fully saturated rings. The van der Waals surface area contributed by atoms with Gasteiger partial charge in [-0.05, 0) is 24.1 Å². The predicted octanol–water partition coefficient (Wildman–Crippen LogP) is 2.87. The molecule has 128 valence electrons. The van der Waals surface area contributed by atoms with Gasteiger partial charge in [-0.2, -0.15) is 0 Å². The smallest absolute Gasteiger partial charge is 0.319 e. The predicted molar refractivity (Wildman–Crippen MR) is 89.4 cm³/mol. The van der Waals surface area contributed by atoms with Crippen LogP contribution in [0.3, 0.4) is 0 Å². The van der Waals surface area contributed by atoms with Crippen molar-refractivity contribution in [2.45, 2.75) is 18.9 Å². The summed E-state index contributed by atoms with van der Waals surface area (Å²) in [6.07, 6.45) is 0.291.